The van der Waals surface area contributed by atoms with Crippen molar-refractivity contribution >= 4 is 5.97 Å². The molecule has 6 aliphatic rings. The zero-order chi connectivity index (χ0) is 25.4. The summed E-state index contributed by atoms with van der Waals surface area (Å²) in [5.41, 5.74) is -1.86. The number of hydrogen-bond donors (Lipinski definition) is 4. The molecule has 0 bridgehead atoms. The van der Waals surface area contributed by atoms with Crippen molar-refractivity contribution in [1.29, 1.82) is 0 Å². The summed E-state index contributed by atoms with van der Waals surface area (Å²) < 4.78 is 5.92. The standard InChI is InChI=1S/C29H44O6/c1-16-8-11-28(23(32)33)13-12-25(3)17(21(28)27(16,5)34)6-7-19-24(2)14-18(30)22(31)29(15-35-29)20(24)9-10-26(19,25)4/h6,16,18-22,30-31,34H,7-15H2,1-5H3,(H,32,33)/t16-,18-,19-,20-,21-,22-,24-,25-,26-,27-,28+,29+/m1/s1. The summed E-state index contributed by atoms with van der Waals surface area (Å²) in [6.07, 6.45) is 6.81. The van der Waals surface area contributed by atoms with E-state index in [1.54, 1.807) is 0 Å². The quantitative estimate of drug-likeness (QED) is 0.329. The molecule has 0 aromatic heterocycles. The molecule has 4 N–H and O–H groups in total. The Morgan fingerprint density at radius 1 is 1.03 bits per heavy atom. The number of ether oxygens (including phenoxy) is 1. The minimum Gasteiger partial charge on any atom is -0.481 e. The van der Waals surface area contributed by atoms with Crippen LogP contribution < -0.4 is 0 Å². The second-order valence-electron chi connectivity index (χ2n) is 14.3. The molecule has 5 fully saturated rings. The van der Waals surface area contributed by atoms with Crippen LogP contribution in [0.4, 0.5) is 0 Å². The van der Waals surface area contributed by atoms with Crippen LogP contribution in [0, 0.1) is 45.3 Å². The minimum atomic E-state index is -1.06. The van der Waals surface area contributed by atoms with Crippen molar-refractivity contribution in [2.45, 2.75) is 109 Å². The highest BCUT2D eigenvalue weighted by Crippen LogP contribution is 2.76. The van der Waals surface area contributed by atoms with Crippen LogP contribution in [-0.2, 0) is 9.53 Å². The molecule has 0 aromatic carbocycles. The first-order valence-corrected chi connectivity index (χ1v) is 13.9. The molecular formula is C29H44O6. The molecule has 1 aliphatic heterocycles. The molecular weight excluding hydrogens is 444 g/mol. The van der Waals surface area contributed by atoms with Gasteiger partial charge in [0.2, 0.25) is 0 Å². The predicted molar refractivity (Wildman–Crippen MR) is 130 cm³/mol. The summed E-state index contributed by atoms with van der Waals surface area (Å²) in [5.74, 6) is -0.574. The Morgan fingerprint density at radius 2 is 1.71 bits per heavy atom. The molecule has 6 rings (SSSR count). The molecule has 6 heteroatoms. The van der Waals surface area contributed by atoms with Gasteiger partial charge in [-0.2, -0.15) is 0 Å². The summed E-state index contributed by atoms with van der Waals surface area (Å²) in [6.45, 7) is 11.5. The number of allylic oxidation sites excluding steroid dienone is 1. The van der Waals surface area contributed by atoms with Gasteiger partial charge in [-0.1, -0.05) is 39.3 Å². The smallest absolute Gasteiger partial charge is 0.310 e. The fraction of sp³-hybridized carbons (Fsp3) is 0.897. The number of fused-ring (bicyclic) bond motifs is 8. The first-order valence-electron chi connectivity index (χ1n) is 13.9. The van der Waals surface area contributed by atoms with E-state index < -0.39 is 34.8 Å². The number of epoxide rings is 1. The van der Waals surface area contributed by atoms with E-state index in [0.717, 1.165) is 32.1 Å². The van der Waals surface area contributed by atoms with E-state index >= 15 is 0 Å². The highest BCUT2D eigenvalue weighted by atomic mass is 16.6. The molecule has 5 aliphatic carbocycles. The minimum absolute atomic E-state index is 0.0452. The number of carboxylic acid groups (broad SMARTS) is 1. The lowest BCUT2D eigenvalue weighted by Crippen LogP contribution is -2.69. The van der Waals surface area contributed by atoms with Crippen LogP contribution in [0.2, 0.25) is 0 Å². The van der Waals surface area contributed by atoms with Gasteiger partial charge in [0, 0.05) is 5.92 Å². The number of aliphatic carboxylic acids is 1. The molecule has 6 nitrogen and oxygen atoms in total. The Hall–Kier alpha value is -0.950. The normalized spacial score (nSPS) is 61.1. The van der Waals surface area contributed by atoms with Gasteiger partial charge in [0.15, 0.2) is 0 Å². The Morgan fingerprint density at radius 3 is 2.34 bits per heavy atom. The van der Waals surface area contributed by atoms with E-state index in [1.807, 2.05) is 6.92 Å². The van der Waals surface area contributed by atoms with Gasteiger partial charge in [-0.25, -0.2) is 0 Å². The molecule has 4 saturated carbocycles. The second kappa shape index (κ2) is 6.92. The van der Waals surface area contributed by atoms with Crippen LogP contribution in [0.3, 0.4) is 0 Å². The highest BCUT2D eigenvalue weighted by Gasteiger charge is 2.75. The molecule has 196 valence electrons. The maximum Gasteiger partial charge on any atom is 0.310 e. The lowest BCUT2D eigenvalue weighted by atomic mass is 9.33. The third-order valence-electron chi connectivity index (χ3n) is 13.3. The number of rotatable bonds is 1. The average molecular weight is 489 g/mol. The molecule has 1 spiro atoms. The Labute approximate surface area is 209 Å². The molecule has 35 heavy (non-hydrogen) atoms. The van der Waals surface area contributed by atoms with Gasteiger partial charge >= 0.3 is 5.97 Å². The zero-order valence-electron chi connectivity index (χ0n) is 22.0. The third-order valence-corrected chi connectivity index (χ3v) is 13.3. The molecule has 0 aromatic rings. The Balaban J connectivity index is 1.48. The molecule has 0 amide bonds. The van der Waals surface area contributed by atoms with E-state index in [1.165, 1.54) is 5.57 Å². The average Bonchev–Trinajstić information content (AvgIpc) is 3.56. The number of carbonyl (C=O) groups is 1. The lowest BCUT2D eigenvalue weighted by Gasteiger charge is -2.71. The zero-order valence-corrected chi connectivity index (χ0v) is 22.0. The van der Waals surface area contributed by atoms with E-state index in [4.69, 9.17) is 4.74 Å². The SMILES string of the molecule is C[C@@H]1CC[C@]2(C(=O)O)CC[C@]3(C)C(=CC[C@@H]4[C@@]5(C)C[C@@H](O)[C@@H](O)[C@]6(CO6)[C@@H]5CC[C@]43C)[C@@H]2[C@]1(C)O. The van der Waals surface area contributed by atoms with Crippen molar-refractivity contribution in [3.8, 4) is 0 Å². The monoisotopic (exact) mass is 488 g/mol. The van der Waals surface area contributed by atoms with Gasteiger partial charge in [-0.3, -0.25) is 4.79 Å². The van der Waals surface area contributed by atoms with Gasteiger partial charge in [0.25, 0.3) is 0 Å². The van der Waals surface area contributed by atoms with E-state index in [9.17, 15) is 25.2 Å². The maximum atomic E-state index is 12.8. The highest BCUT2D eigenvalue weighted by molar-refractivity contribution is 5.77. The summed E-state index contributed by atoms with van der Waals surface area (Å²) in [4.78, 5) is 12.8. The second-order valence-corrected chi connectivity index (χ2v) is 14.3. The topological polar surface area (TPSA) is 111 Å². The van der Waals surface area contributed by atoms with Crippen molar-refractivity contribution in [3.05, 3.63) is 11.6 Å². The third kappa shape index (κ3) is 2.63. The van der Waals surface area contributed by atoms with Crippen molar-refractivity contribution < 1.29 is 30.0 Å². The predicted octanol–water partition coefficient (Wildman–Crippen LogP) is 3.92. The lowest BCUT2D eigenvalue weighted by molar-refractivity contribution is -0.223. The summed E-state index contributed by atoms with van der Waals surface area (Å²) in [6, 6.07) is 0. The van der Waals surface area contributed by atoms with Gasteiger partial charge in [-0.15, -0.1) is 0 Å². The van der Waals surface area contributed by atoms with E-state index in [-0.39, 0.29) is 34.0 Å². The van der Waals surface area contributed by atoms with Gasteiger partial charge in [0.05, 0.1) is 23.7 Å². The van der Waals surface area contributed by atoms with Gasteiger partial charge < -0.3 is 25.2 Å². The Bertz CT molecular complexity index is 984. The van der Waals surface area contributed by atoms with Crippen molar-refractivity contribution in [2.75, 3.05) is 6.61 Å². The summed E-state index contributed by atoms with van der Waals surface area (Å²) in [5, 5.41) is 44.2. The van der Waals surface area contributed by atoms with Crippen molar-refractivity contribution in [2.24, 2.45) is 45.3 Å². The fourth-order valence-electron chi connectivity index (χ4n) is 10.9. The molecule has 12 atom stereocenters. The number of aliphatic hydroxyl groups is 3. The van der Waals surface area contributed by atoms with Crippen LogP contribution in [0.5, 0.6) is 0 Å². The van der Waals surface area contributed by atoms with Crippen LogP contribution >= 0.6 is 0 Å². The molecule has 0 unspecified atom stereocenters. The first kappa shape index (κ1) is 24.4. The van der Waals surface area contributed by atoms with Crippen LogP contribution in [0.1, 0.15) is 86.0 Å². The van der Waals surface area contributed by atoms with Crippen LogP contribution in [0.15, 0.2) is 11.6 Å². The number of aliphatic hydroxyl groups excluding tert-OH is 2. The van der Waals surface area contributed by atoms with Crippen LogP contribution in [0.25, 0.3) is 0 Å². The number of hydrogen-bond acceptors (Lipinski definition) is 5. The number of carboxylic acids is 1. The first-order chi connectivity index (χ1) is 16.2. The fourth-order valence-corrected chi connectivity index (χ4v) is 10.9. The molecule has 0 radical (unpaired) electrons. The van der Waals surface area contributed by atoms with Crippen LogP contribution in [-0.4, -0.2) is 56.4 Å². The molecule has 1 saturated heterocycles. The van der Waals surface area contributed by atoms with E-state index in [2.05, 4.69) is 33.8 Å². The summed E-state index contributed by atoms with van der Waals surface area (Å²) >= 11 is 0. The van der Waals surface area contributed by atoms with Gasteiger partial charge in [-0.05, 0) is 92.3 Å². The van der Waals surface area contributed by atoms with Crippen molar-refractivity contribution in [1.82, 2.24) is 0 Å². The maximum absolute atomic E-state index is 12.8. The largest absolute Gasteiger partial charge is 0.481 e. The van der Waals surface area contributed by atoms with Crippen molar-refractivity contribution in [3.63, 3.8) is 0 Å². The summed E-state index contributed by atoms with van der Waals surface area (Å²) in [7, 11) is 0. The molecule has 1 heterocycles. The van der Waals surface area contributed by atoms with E-state index in [0.29, 0.717) is 31.8 Å². The van der Waals surface area contributed by atoms with Gasteiger partial charge in [0.1, 0.15) is 11.7 Å². The Kier molecular flexibility index (Phi) is 4.82.